The first-order valence-corrected chi connectivity index (χ1v) is 10.3. The van der Waals surface area contributed by atoms with Crippen molar-refractivity contribution in [1.82, 2.24) is 15.1 Å². The van der Waals surface area contributed by atoms with Gasteiger partial charge in [0.2, 0.25) is 0 Å². The minimum Gasteiger partial charge on any atom is -0.481 e. The number of carboxylic acid groups (broad SMARTS) is 1. The first-order valence-electron chi connectivity index (χ1n) is 10.3. The lowest BCUT2D eigenvalue weighted by atomic mass is 9.98. The van der Waals surface area contributed by atoms with Gasteiger partial charge in [0.1, 0.15) is 6.61 Å². The number of hydrogen-bond acceptors (Lipinski definition) is 4. The van der Waals surface area contributed by atoms with Gasteiger partial charge in [0.15, 0.2) is 0 Å². The lowest BCUT2D eigenvalue weighted by Crippen LogP contribution is -2.33. The number of benzene rings is 2. The molecule has 7 nitrogen and oxygen atoms in total. The first-order chi connectivity index (χ1) is 15.0. The smallest absolute Gasteiger partial charge is 0.407 e. The normalized spacial score (nSPS) is 13.5. The maximum absolute atomic E-state index is 12.6. The number of carbonyl (C=O) groups is 2. The van der Waals surface area contributed by atoms with E-state index in [2.05, 4.69) is 34.7 Å². The Bertz CT molecular complexity index is 1060. The van der Waals surface area contributed by atoms with Gasteiger partial charge in [0, 0.05) is 18.2 Å². The molecule has 7 heteroatoms. The van der Waals surface area contributed by atoms with Crippen LogP contribution >= 0.6 is 0 Å². The SMILES string of the molecule is CC(C)n1nccc1[C@@H](CC(=O)O)NC(=O)OCC1c2ccccc2-c2ccccc21. The van der Waals surface area contributed by atoms with E-state index in [1.54, 1.807) is 16.9 Å². The standard InChI is InChI=1S/C24H25N3O4/c1-15(2)27-22(11-12-25-27)21(13-23(28)29)26-24(30)31-14-20-18-9-5-3-7-16(18)17-8-4-6-10-19(17)20/h3-12,15,20-21H,13-14H2,1-2H3,(H,26,30)(H,28,29)/t21-/m1/s1. The Kier molecular flexibility index (Phi) is 5.75. The van der Waals surface area contributed by atoms with E-state index in [4.69, 9.17) is 4.74 Å². The fourth-order valence-electron chi connectivity index (χ4n) is 4.22. The van der Waals surface area contributed by atoms with Crippen molar-refractivity contribution in [3.05, 3.63) is 77.6 Å². The Morgan fingerprint density at radius 1 is 1.06 bits per heavy atom. The molecule has 1 aliphatic carbocycles. The zero-order valence-electron chi connectivity index (χ0n) is 17.5. The second-order valence-electron chi connectivity index (χ2n) is 7.91. The van der Waals surface area contributed by atoms with Crippen LogP contribution in [0.25, 0.3) is 11.1 Å². The fourth-order valence-corrected chi connectivity index (χ4v) is 4.22. The molecular formula is C24H25N3O4. The molecule has 2 aromatic carbocycles. The number of nitrogens with zero attached hydrogens (tertiary/aromatic N) is 2. The molecule has 4 rings (SSSR count). The minimum atomic E-state index is -1.01. The molecule has 1 amide bonds. The molecule has 0 fully saturated rings. The van der Waals surface area contributed by atoms with Crippen LogP contribution < -0.4 is 5.32 Å². The highest BCUT2D eigenvalue weighted by Gasteiger charge is 2.30. The highest BCUT2D eigenvalue weighted by Crippen LogP contribution is 2.44. The predicted molar refractivity (Wildman–Crippen MR) is 116 cm³/mol. The van der Waals surface area contributed by atoms with Gasteiger partial charge >= 0.3 is 12.1 Å². The van der Waals surface area contributed by atoms with Crippen LogP contribution in [0.1, 0.15) is 55.1 Å². The van der Waals surface area contributed by atoms with E-state index < -0.39 is 18.1 Å². The van der Waals surface area contributed by atoms with Gasteiger partial charge in [-0.25, -0.2) is 4.79 Å². The molecule has 0 saturated heterocycles. The summed E-state index contributed by atoms with van der Waals surface area (Å²) in [5, 5.41) is 16.3. The third-order valence-electron chi connectivity index (χ3n) is 5.56. The molecule has 31 heavy (non-hydrogen) atoms. The van der Waals surface area contributed by atoms with Crippen molar-refractivity contribution in [2.45, 2.75) is 38.3 Å². The van der Waals surface area contributed by atoms with Crippen molar-refractivity contribution in [3.8, 4) is 11.1 Å². The predicted octanol–water partition coefficient (Wildman–Crippen LogP) is 4.52. The Morgan fingerprint density at radius 3 is 2.26 bits per heavy atom. The van der Waals surface area contributed by atoms with Gasteiger partial charge in [-0.1, -0.05) is 48.5 Å². The molecule has 1 heterocycles. The lowest BCUT2D eigenvalue weighted by molar-refractivity contribution is -0.137. The van der Waals surface area contributed by atoms with E-state index in [1.807, 2.05) is 38.1 Å². The molecular weight excluding hydrogens is 394 g/mol. The van der Waals surface area contributed by atoms with E-state index in [0.29, 0.717) is 5.69 Å². The topological polar surface area (TPSA) is 93.5 Å². The average molecular weight is 419 g/mol. The zero-order valence-corrected chi connectivity index (χ0v) is 17.5. The van der Waals surface area contributed by atoms with E-state index in [9.17, 15) is 14.7 Å². The molecule has 0 saturated carbocycles. The van der Waals surface area contributed by atoms with E-state index in [1.165, 1.54) is 0 Å². The third-order valence-corrected chi connectivity index (χ3v) is 5.56. The van der Waals surface area contributed by atoms with E-state index >= 15 is 0 Å². The van der Waals surface area contributed by atoms with Gasteiger partial charge in [-0.3, -0.25) is 9.48 Å². The number of fused-ring (bicyclic) bond motifs is 3. The maximum atomic E-state index is 12.6. The van der Waals surface area contributed by atoms with Gasteiger partial charge in [0.05, 0.1) is 18.2 Å². The number of aliphatic carboxylic acids is 1. The van der Waals surface area contributed by atoms with Crippen molar-refractivity contribution in [2.75, 3.05) is 6.61 Å². The summed E-state index contributed by atoms with van der Waals surface area (Å²) in [6.07, 6.45) is 0.691. The summed E-state index contributed by atoms with van der Waals surface area (Å²) < 4.78 is 7.28. The molecule has 0 radical (unpaired) electrons. The first kappa shape index (κ1) is 20.7. The van der Waals surface area contributed by atoms with Crippen LogP contribution in [0.15, 0.2) is 60.8 Å². The Labute approximate surface area is 180 Å². The Morgan fingerprint density at radius 2 is 1.68 bits per heavy atom. The summed E-state index contributed by atoms with van der Waals surface area (Å²) in [5.74, 6) is -1.07. The van der Waals surface area contributed by atoms with Gasteiger partial charge in [-0.05, 0) is 42.2 Å². The number of carbonyl (C=O) groups excluding carboxylic acids is 1. The van der Waals surface area contributed by atoms with E-state index in [0.717, 1.165) is 22.3 Å². The molecule has 0 unspecified atom stereocenters. The highest BCUT2D eigenvalue weighted by atomic mass is 16.5. The van der Waals surface area contributed by atoms with Crippen LogP contribution in [-0.4, -0.2) is 33.6 Å². The Hall–Kier alpha value is -3.61. The number of aromatic nitrogens is 2. The summed E-state index contributed by atoms with van der Waals surface area (Å²) in [4.78, 5) is 24.0. The Balaban J connectivity index is 1.49. The molecule has 160 valence electrons. The van der Waals surface area contributed by atoms with Crippen LogP contribution in [-0.2, 0) is 9.53 Å². The summed E-state index contributed by atoms with van der Waals surface area (Å²) in [6.45, 7) is 4.06. The quantitative estimate of drug-likeness (QED) is 0.587. The van der Waals surface area contributed by atoms with Crippen molar-refractivity contribution < 1.29 is 19.4 Å². The van der Waals surface area contributed by atoms with Crippen LogP contribution in [0.4, 0.5) is 4.79 Å². The van der Waals surface area contributed by atoms with Gasteiger partial charge in [-0.2, -0.15) is 5.10 Å². The van der Waals surface area contributed by atoms with Gasteiger partial charge in [-0.15, -0.1) is 0 Å². The minimum absolute atomic E-state index is 0.0330. The number of alkyl carbamates (subject to hydrolysis) is 1. The molecule has 0 aliphatic heterocycles. The number of ether oxygens (including phenoxy) is 1. The van der Waals surface area contributed by atoms with Crippen LogP contribution in [0.2, 0.25) is 0 Å². The molecule has 1 aromatic heterocycles. The number of nitrogens with one attached hydrogen (secondary N) is 1. The molecule has 2 N–H and O–H groups in total. The van der Waals surface area contributed by atoms with E-state index in [-0.39, 0.29) is 25.0 Å². The van der Waals surface area contributed by atoms with Crippen molar-refractivity contribution in [3.63, 3.8) is 0 Å². The van der Waals surface area contributed by atoms with Crippen LogP contribution in [0.5, 0.6) is 0 Å². The van der Waals surface area contributed by atoms with Crippen LogP contribution in [0.3, 0.4) is 0 Å². The van der Waals surface area contributed by atoms with Crippen molar-refractivity contribution in [2.24, 2.45) is 0 Å². The molecule has 0 bridgehead atoms. The average Bonchev–Trinajstić information content (AvgIpc) is 3.35. The highest BCUT2D eigenvalue weighted by molar-refractivity contribution is 5.79. The molecule has 1 atom stereocenters. The van der Waals surface area contributed by atoms with Gasteiger partial charge < -0.3 is 15.2 Å². The zero-order chi connectivity index (χ0) is 22.0. The number of hydrogen-bond donors (Lipinski definition) is 2. The summed E-state index contributed by atoms with van der Waals surface area (Å²) in [6, 6.07) is 17.2. The second-order valence-corrected chi connectivity index (χ2v) is 7.91. The van der Waals surface area contributed by atoms with Crippen molar-refractivity contribution >= 4 is 12.1 Å². The van der Waals surface area contributed by atoms with Gasteiger partial charge in [0.25, 0.3) is 0 Å². The summed E-state index contributed by atoms with van der Waals surface area (Å²) in [7, 11) is 0. The van der Waals surface area contributed by atoms with Crippen molar-refractivity contribution in [1.29, 1.82) is 0 Å². The lowest BCUT2D eigenvalue weighted by Gasteiger charge is -2.21. The fraction of sp³-hybridized carbons (Fsp3) is 0.292. The second kappa shape index (κ2) is 8.63. The number of carboxylic acids is 1. The van der Waals surface area contributed by atoms with Crippen LogP contribution in [0, 0.1) is 0 Å². The summed E-state index contributed by atoms with van der Waals surface area (Å²) >= 11 is 0. The third kappa shape index (κ3) is 4.17. The number of rotatable bonds is 7. The monoisotopic (exact) mass is 419 g/mol. The molecule has 3 aromatic rings. The summed E-state index contributed by atoms with van der Waals surface area (Å²) in [5.41, 5.74) is 5.17. The number of amides is 1. The maximum Gasteiger partial charge on any atom is 0.407 e. The molecule has 0 spiro atoms. The molecule has 1 aliphatic rings. The largest absolute Gasteiger partial charge is 0.481 e.